The largest absolute Gasteiger partial charge is 0.126 e. The van der Waals surface area contributed by atoms with Crippen LogP contribution in [0.15, 0.2) is 12.2 Å². The summed E-state index contributed by atoms with van der Waals surface area (Å²) in [5, 5.41) is 0. The number of alkyl halides is 1. The molecule has 0 bridgehead atoms. The molecule has 0 amide bonds. The molecule has 0 aromatic carbocycles. The molecule has 0 nitrogen and oxygen atoms in total. The summed E-state index contributed by atoms with van der Waals surface area (Å²) >= 11 is 5.96. The van der Waals surface area contributed by atoms with E-state index in [1.165, 1.54) is 51.4 Å². The molecule has 2 fully saturated rings. The molecule has 0 atom stereocenters. The Bertz CT molecular complexity index is 230. The van der Waals surface area contributed by atoms with Crippen LogP contribution in [0.4, 0.5) is 0 Å². The molecule has 2 aliphatic carbocycles. The maximum absolute atomic E-state index is 5.96. The highest BCUT2D eigenvalue weighted by molar-refractivity contribution is 6.18. The molecule has 0 heterocycles. The Hall–Kier alpha value is 0.0300. The molecule has 0 aliphatic heterocycles. The third-order valence-corrected chi connectivity index (χ3v) is 5.49. The Labute approximate surface area is 112 Å². The second-order valence-corrected chi connectivity index (χ2v) is 6.44. The second kappa shape index (κ2) is 6.83. The lowest BCUT2D eigenvalue weighted by Gasteiger charge is -2.37. The van der Waals surface area contributed by atoms with E-state index in [2.05, 4.69) is 19.1 Å². The number of hydrogen-bond donors (Lipinski definition) is 0. The van der Waals surface area contributed by atoms with Crippen molar-refractivity contribution in [2.75, 3.05) is 5.88 Å². The lowest BCUT2D eigenvalue weighted by atomic mass is 9.69. The number of hydrogen-bond acceptors (Lipinski definition) is 0. The van der Waals surface area contributed by atoms with Gasteiger partial charge < -0.3 is 0 Å². The van der Waals surface area contributed by atoms with Crippen molar-refractivity contribution >= 4 is 11.6 Å². The summed E-state index contributed by atoms with van der Waals surface area (Å²) in [5.41, 5.74) is 0. The fourth-order valence-corrected chi connectivity index (χ4v) is 4.20. The monoisotopic (exact) mass is 254 g/mol. The molecule has 0 radical (unpaired) electrons. The van der Waals surface area contributed by atoms with Gasteiger partial charge in [0, 0.05) is 5.88 Å². The summed E-state index contributed by atoms with van der Waals surface area (Å²) in [6, 6.07) is 0. The van der Waals surface area contributed by atoms with Crippen LogP contribution < -0.4 is 0 Å². The molecule has 0 N–H and O–H groups in total. The number of allylic oxidation sites excluding steroid dienone is 2. The average Bonchev–Trinajstić information content (AvgIpc) is 2.40. The molecular formula is C16H27Cl. The fraction of sp³-hybridized carbons (Fsp3) is 0.875. The molecule has 2 saturated carbocycles. The Morgan fingerprint density at radius 3 is 1.88 bits per heavy atom. The van der Waals surface area contributed by atoms with Gasteiger partial charge in [0.15, 0.2) is 0 Å². The normalized spacial score (nSPS) is 39.6. The quantitative estimate of drug-likeness (QED) is 0.466. The summed E-state index contributed by atoms with van der Waals surface area (Å²) in [6.45, 7) is 2.15. The minimum Gasteiger partial charge on any atom is -0.126 e. The highest BCUT2D eigenvalue weighted by Crippen LogP contribution is 2.41. The maximum Gasteiger partial charge on any atom is 0.0251 e. The van der Waals surface area contributed by atoms with Gasteiger partial charge in [0.1, 0.15) is 0 Å². The first-order valence-electron chi connectivity index (χ1n) is 7.52. The zero-order valence-electron chi connectivity index (χ0n) is 11.2. The predicted molar refractivity (Wildman–Crippen MR) is 76.4 cm³/mol. The lowest BCUT2D eigenvalue weighted by molar-refractivity contribution is 0.161. The van der Waals surface area contributed by atoms with Crippen LogP contribution in [-0.4, -0.2) is 5.88 Å². The van der Waals surface area contributed by atoms with Gasteiger partial charge in [0.25, 0.3) is 0 Å². The average molecular weight is 255 g/mol. The maximum atomic E-state index is 5.96. The first-order valence-corrected chi connectivity index (χ1v) is 8.05. The smallest absolute Gasteiger partial charge is 0.0251 e. The molecule has 2 rings (SSSR count). The Morgan fingerprint density at radius 2 is 1.41 bits per heavy atom. The van der Waals surface area contributed by atoms with Gasteiger partial charge in [-0.2, -0.15) is 0 Å². The first kappa shape index (κ1) is 13.5. The lowest BCUT2D eigenvalue weighted by Crippen LogP contribution is -2.25. The zero-order chi connectivity index (χ0) is 12.1. The molecular weight excluding hydrogens is 228 g/mol. The van der Waals surface area contributed by atoms with E-state index in [1.807, 2.05) is 0 Å². The van der Waals surface area contributed by atoms with E-state index in [0.29, 0.717) is 0 Å². The van der Waals surface area contributed by atoms with E-state index in [9.17, 15) is 0 Å². The van der Waals surface area contributed by atoms with E-state index in [4.69, 9.17) is 11.6 Å². The van der Waals surface area contributed by atoms with Crippen molar-refractivity contribution in [1.82, 2.24) is 0 Å². The van der Waals surface area contributed by atoms with Crippen molar-refractivity contribution in [1.29, 1.82) is 0 Å². The van der Waals surface area contributed by atoms with E-state index in [-0.39, 0.29) is 0 Å². The van der Waals surface area contributed by atoms with Crippen molar-refractivity contribution in [3.8, 4) is 0 Å². The van der Waals surface area contributed by atoms with Gasteiger partial charge in [0.2, 0.25) is 0 Å². The standard InChI is InChI=1S/C16H27Cl/c1-2-3-13-4-8-15(9-5-13)16-10-6-14(12-17)7-11-16/h2-3,13-16H,4-12H2,1H3/b3-2+. The molecule has 0 unspecified atom stereocenters. The summed E-state index contributed by atoms with van der Waals surface area (Å²) in [7, 11) is 0. The van der Waals surface area contributed by atoms with Crippen LogP contribution in [0.2, 0.25) is 0 Å². The van der Waals surface area contributed by atoms with Crippen LogP contribution in [0.1, 0.15) is 58.3 Å². The number of halogens is 1. The first-order chi connectivity index (χ1) is 8.33. The molecule has 98 valence electrons. The molecule has 17 heavy (non-hydrogen) atoms. The molecule has 0 saturated heterocycles. The van der Waals surface area contributed by atoms with Gasteiger partial charge in [-0.15, -0.1) is 11.6 Å². The third-order valence-electron chi connectivity index (χ3n) is 5.06. The highest BCUT2D eigenvalue weighted by Gasteiger charge is 2.29. The number of rotatable bonds is 3. The van der Waals surface area contributed by atoms with Gasteiger partial charge in [-0.3, -0.25) is 0 Å². The predicted octanol–water partition coefficient (Wildman–Crippen LogP) is 5.41. The highest BCUT2D eigenvalue weighted by atomic mass is 35.5. The van der Waals surface area contributed by atoms with Gasteiger partial charge in [-0.25, -0.2) is 0 Å². The van der Waals surface area contributed by atoms with Crippen LogP contribution in [0.3, 0.4) is 0 Å². The Kier molecular flexibility index (Phi) is 5.41. The minimum absolute atomic E-state index is 0.826. The van der Waals surface area contributed by atoms with E-state index in [0.717, 1.165) is 29.6 Å². The van der Waals surface area contributed by atoms with Crippen LogP contribution in [0.25, 0.3) is 0 Å². The Balaban J connectivity index is 1.74. The van der Waals surface area contributed by atoms with Gasteiger partial charge in [0.05, 0.1) is 0 Å². The summed E-state index contributed by atoms with van der Waals surface area (Å²) in [5.74, 6) is 4.66. The molecule has 0 spiro atoms. The Morgan fingerprint density at radius 1 is 0.882 bits per heavy atom. The minimum atomic E-state index is 0.826. The van der Waals surface area contributed by atoms with E-state index in [1.54, 1.807) is 0 Å². The molecule has 0 aromatic heterocycles. The summed E-state index contributed by atoms with van der Waals surface area (Å²) < 4.78 is 0. The summed E-state index contributed by atoms with van der Waals surface area (Å²) in [4.78, 5) is 0. The van der Waals surface area contributed by atoms with Crippen molar-refractivity contribution < 1.29 is 0 Å². The van der Waals surface area contributed by atoms with Gasteiger partial charge >= 0.3 is 0 Å². The molecule has 2 aliphatic rings. The van der Waals surface area contributed by atoms with E-state index < -0.39 is 0 Å². The fourth-order valence-electron chi connectivity index (χ4n) is 3.89. The van der Waals surface area contributed by atoms with Crippen molar-refractivity contribution in [2.24, 2.45) is 23.7 Å². The van der Waals surface area contributed by atoms with Crippen molar-refractivity contribution in [3.63, 3.8) is 0 Å². The van der Waals surface area contributed by atoms with Crippen LogP contribution >= 0.6 is 11.6 Å². The SMILES string of the molecule is C/C=C/C1CCC(C2CCC(CCl)CC2)CC1. The second-order valence-electron chi connectivity index (χ2n) is 6.14. The summed E-state index contributed by atoms with van der Waals surface area (Å²) in [6.07, 6.45) is 16.2. The molecule has 1 heteroatoms. The van der Waals surface area contributed by atoms with Crippen LogP contribution in [0, 0.1) is 23.7 Å². The van der Waals surface area contributed by atoms with Gasteiger partial charge in [-0.05, 0) is 82.0 Å². The van der Waals surface area contributed by atoms with Crippen LogP contribution in [0.5, 0.6) is 0 Å². The third kappa shape index (κ3) is 3.74. The van der Waals surface area contributed by atoms with Crippen molar-refractivity contribution in [3.05, 3.63) is 12.2 Å². The van der Waals surface area contributed by atoms with Gasteiger partial charge in [-0.1, -0.05) is 12.2 Å². The van der Waals surface area contributed by atoms with Crippen LogP contribution in [-0.2, 0) is 0 Å². The molecule has 0 aromatic rings. The van der Waals surface area contributed by atoms with E-state index >= 15 is 0 Å². The van der Waals surface area contributed by atoms with Crippen molar-refractivity contribution in [2.45, 2.75) is 58.3 Å². The zero-order valence-corrected chi connectivity index (χ0v) is 12.0. The topological polar surface area (TPSA) is 0 Å².